The van der Waals surface area contributed by atoms with Crippen molar-refractivity contribution in [3.05, 3.63) is 0 Å². The maximum atomic E-state index is 2.58. The third kappa shape index (κ3) is 5.27. The van der Waals surface area contributed by atoms with E-state index in [1.165, 1.54) is 32.5 Å². The van der Waals surface area contributed by atoms with E-state index in [9.17, 15) is 0 Å². The first-order valence-corrected chi connectivity index (χ1v) is 5.54. The molecule has 0 heterocycles. The van der Waals surface area contributed by atoms with Crippen LogP contribution in [0.2, 0.25) is 0 Å². The van der Waals surface area contributed by atoms with Crippen molar-refractivity contribution in [2.24, 2.45) is 0 Å². The van der Waals surface area contributed by atoms with E-state index in [4.69, 9.17) is 0 Å². The van der Waals surface area contributed by atoms with Gasteiger partial charge in [-0.25, -0.2) is 0 Å². The topological polar surface area (TPSA) is 6.48 Å². The average Bonchev–Trinajstić information content (AvgIpc) is 2.10. The monoisotopic (exact) mass is 186 g/mol. The zero-order valence-corrected chi connectivity index (χ0v) is 10.0. The standard InChI is InChI=1S/C11H26N2/c1-6-9-13(8-3)11(7-2)10-12(4)5/h11H,6-10H2,1-5H3. The Bertz CT molecular complexity index is 113. The third-order valence-corrected chi connectivity index (χ3v) is 2.48. The van der Waals surface area contributed by atoms with Gasteiger partial charge in [-0.2, -0.15) is 0 Å². The molecule has 0 saturated heterocycles. The van der Waals surface area contributed by atoms with E-state index in [-0.39, 0.29) is 0 Å². The highest BCUT2D eigenvalue weighted by molar-refractivity contribution is 4.71. The molecule has 80 valence electrons. The molecule has 0 aromatic rings. The highest BCUT2D eigenvalue weighted by atomic mass is 15.2. The summed E-state index contributed by atoms with van der Waals surface area (Å²) in [5, 5.41) is 0. The molecule has 2 heteroatoms. The lowest BCUT2D eigenvalue weighted by atomic mass is 10.1. The van der Waals surface area contributed by atoms with E-state index in [2.05, 4.69) is 44.7 Å². The van der Waals surface area contributed by atoms with Gasteiger partial charge in [0, 0.05) is 12.6 Å². The lowest BCUT2D eigenvalue weighted by Gasteiger charge is -2.31. The molecule has 0 aromatic carbocycles. The summed E-state index contributed by atoms with van der Waals surface area (Å²) >= 11 is 0. The Hall–Kier alpha value is -0.0800. The molecule has 0 aliphatic rings. The summed E-state index contributed by atoms with van der Waals surface area (Å²) in [7, 11) is 4.31. The summed E-state index contributed by atoms with van der Waals surface area (Å²) in [6.45, 7) is 10.4. The van der Waals surface area contributed by atoms with E-state index in [1.807, 2.05) is 0 Å². The Morgan fingerprint density at radius 2 is 1.69 bits per heavy atom. The van der Waals surface area contributed by atoms with E-state index in [0.717, 1.165) is 6.04 Å². The molecule has 0 aromatic heterocycles. The van der Waals surface area contributed by atoms with Gasteiger partial charge >= 0.3 is 0 Å². The van der Waals surface area contributed by atoms with Crippen molar-refractivity contribution < 1.29 is 0 Å². The summed E-state index contributed by atoms with van der Waals surface area (Å²) in [6.07, 6.45) is 2.52. The van der Waals surface area contributed by atoms with Gasteiger partial charge < -0.3 is 4.90 Å². The molecule has 0 aliphatic heterocycles. The maximum Gasteiger partial charge on any atom is 0.0220 e. The van der Waals surface area contributed by atoms with Gasteiger partial charge in [0.1, 0.15) is 0 Å². The minimum Gasteiger partial charge on any atom is -0.308 e. The van der Waals surface area contributed by atoms with Crippen LogP contribution < -0.4 is 0 Å². The predicted octanol–water partition coefficient (Wildman–Crippen LogP) is 2.06. The van der Waals surface area contributed by atoms with Crippen molar-refractivity contribution in [1.82, 2.24) is 9.80 Å². The molecule has 0 rings (SSSR count). The van der Waals surface area contributed by atoms with Crippen molar-refractivity contribution in [1.29, 1.82) is 0 Å². The SMILES string of the molecule is CCCN(CC)C(CC)CN(C)C. The summed E-state index contributed by atoms with van der Waals surface area (Å²) in [5.41, 5.74) is 0. The number of rotatable bonds is 7. The van der Waals surface area contributed by atoms with Crippen LogP contribution in [-0.4, -0.2) is 49.6 Å². The van der Waals surface area contributed by atoms with Crippen molar-refractivity contribution in [2.45, 2.75) is 39.7 Å². The van der Waals surface area contributed by atoms with Crippen molar-refractivity contribution in [3.63, 3.8) is 0 Å². The smallest absolute Gasteiger partial charge is 0.0220 e. The largest absolute Gasteiger partial charge is 0.308 e. The Morgan fingerprint density at radius 3 is 2.00 bits per heavy atom. The molecule has 1 unspecified atom stereocenters. The molecule has 0 aliphatic carbocycles. The van der Waals surface area contributed by atoms with Crippen LogP contribution in [0.15, 0.2) is 0 Å². The van der Waals surface area contributed by atoms with Crippen LogP contribution in [0.3, 0.4) is 0 Å². The van der Waals surface area contributed by atoms with Crippen molar-refractivity contribution in [3.8, 4) is 0 Å². The molecular weight excluding hydrogens is 160 g/mol. The Kier molecular flexibility index (Phi) is 7.29. The molecule has 0 N–H and O–H groups in total. The number of hydrogen-bond donors (Lipinski definition) is 0. The molecule has 1 atom stereocenters. The fourth-order valence-corrected chi connectivity index (χ4v) is 1.81. The second-order valence-corrected chi connectivity index (χ2v) is 3.95. The second kappa shape index (κ2) is 7.34. The van der Waals surface area contributed by atoms with Gasteiger partial charge in [0.25, 0.3) is 0 Å². The van der Waals surface area contributed by atoms with Crippen LogP contribution in [-0.2, 0) is 0 Å². The van der Waals surface area contributed by atoms with Gasteiger partial charge in [-0.05, 0) is 40.0 Å². The minimum absolute atomic E-state index is 0.736. The van der Waals surface area contributed by atoms with Crippen LogP contribution in [0.5, 0.6) is 0 Å². The minimum atomic E-state index is 0.736. The van der Waals surface area contributed by atoms with E-state index in [1.54, 1.807) is 0 Å². The van der Waals surface area contributed by atoms with Gasteiger partial charge in [-0.3, -0.25) is 4.90 Å². The first kappa shape index (κ1) is 12.9. The van der Waals surface area contributed by atoms with E-state index < -0.39 is 0 Å². The van der Waals surface area contributed by atoms with E-state index in [0.29, 0.717) is 0 Å². The fourth-order valence-electron chi connectivity index (χ4n) is 1.81. The van der Waals surface area contributed by atoms with Gasteiger partial charge in [-0.1, -0.05) is 20.8 Å². The molecule has 0 saturated carbocycles. The van der Waals surface area contributed by atoms with Crippen molar-refractivity contribution >= 4 is 0 Å². The fraction of sp³-hybridized carbons (Fsp3) is 1.00. The molecule has 0 fully saturated rings. The van der Waals surface area contributed by atoms with Crippen LogP contribution in [0.4, 0.5) is 0 Å². The van der Waals surface area contributed by atoms with Gasteiger partial charge in [-0.15, -0.1) is 0 Å². The highest BCUT2D eigenvalue weighted by Crippen LogP contribution is 2.05. The molecule has 0 spiro atoms. The Morgan fingerprint density at radius 1 is 1.08 bits per heavy atom. The van der Waals surface area contributed by atoms with Crippen LogP contribution in [0.25, 0.3) is 0 Å². The Labute approximate surface area is 83.9 Å². The third-order valence-electron chi connectivity index (χ3n) is 2.48. The summed E-state index contributed by atoms with van der Waals surface area (Å²) in [4.78, 5) is 4.87. The molecular formula is C11H26N2. The summed E-state index contributed by atoms with van der Waals surface area (Å²) in [5.74, 6) is 0. The number of nitrogens with zero attached hydrogens (tertiary/aromatic N) is 2. The van der Waals surface area contributed by atoms with Crippen molar-refractivity contribution in [2.75, 3.05) is 33.7 Å². The zero-order chi connectivity index (χ0) is 10.3. The van der Waals surface area contributed by atoms with E-state index >= 15 is 0 Å². The van der Waals surface area contributed by atoms with Crippen LogP contribution in [0, 0.1) is 0 Å². The second-order valence-electron chi connectivity index (χ2n) is 3.95. The quantitative estimate of drug-likeness (QED) is 0.600. The maximum absolute atomic E-state index is 2.58. The van der Waals surface area contributed by atoms with Gasteiger partial charge in [0.2, 0.25) is 0 Å². The lowest BCUT2D eigenvalue weighted by molar-refractivity contribution is 0.164. The first-order valence-electron chi connectivity index (χ1n) is 5.54. The molecule has 13 heavy (non-hydrogen) atoms. The number of likely N-dealkylation sites (N-methyl/N-ethyl adjacent to an activating group) is 2. The molecule has 2 nitrogen and oxygen atoms in total. The van der Waals surface area contributed by atoms with Gasteiger partial charge in [0.15, 0.2) is 0 Å². The highest BCUT2D eigenvalue weighted by Gasteiger charge is 2.14. The molecule has 0 bridgehead atoms. The van der Waals surface area contributed by atoms with Crippen LogP contribution in [0.1, 0.15) is 33.6 Å². The first-order chi connectivity index (χ1) is 6.15. The normalized spacial score (nSPS) is 14.1. The summed E-state index contributed by atoms with van der Waals surface area (Å²) < 4.78 is 0. The zero-order valence-electron chi connectivity index (χ0n) is 10.0. The Balaban J connectivity index is 4.00. The average molecular weight is 186 g/mol. The lowest BCUT2D eigenvalue weighted by Crippen LogP contribution is -2.41. The predicted molar refractivity (Wildman–Crippen MR) is 60.2 cm³/mol. The number of hydrogen-bond acceptors (Lipinski definition) is 2. The molecule has 0 radical (unpaired) electrons. The summed E-state index contributed by atoms with van der Waals surface area (Å²) in [6, 6.07) is 0.736. The van der Waals surface area contributed by atoms with Gasteiger partial charge in [0.05, 0.1) is 0 Å². The molecule has 0 amide bonds. The van der Waals surface area contributed by atoms with Crippen LogP contribution >= 0.6 is 0 Å².